The highest BCUT2D eigenvalue weighted by Gasteiger charge is 2.19. The summed E-state index contributed by atoms with van der Waals surface area (Å²) in [5.41, 5.74) is 2.53. The van der Waals surface area contributed by atoms with E-state index in [0.29, 0.717) is 6.04 Å². The Morgan fingerprint density at radius 2 is 2.50 bits per heavy atom. The van der Waals surface area contributed by atoms with E-state index in [9.17, 15) is 0 Å². The summed E-state index contributed by atoms with van der Waals surface area (Å²) in [4.78, 5) is 5.53. The van der Waals surface area contributed by atoms with Gasteiger partial charge in [0.15, 0.2) is 4.96 Å². The van der Waals surface area contributed by atoms with E-state index in [4.69, 9.17) is 4.74 Å². The molecule has 1 N–H and O–H groups in total. The first kappa shape index (κ1) is 10.3. The van der Waals surface area contributed by atoms with Crippen molar-refractivity contribution in [3.8, 4) is 0 Å². The molecule has 0 amide bonds. The van der Waals surface area contributed by atoms with Crippen LogP contribution in [0, 0.1) is 6.92 Å². The summed E-state index contributed by atoms with van der Waals surface area (Å²) in [7, 11) is 0. The van der Waals surface area contributed by atoms with Crippen LogP contribution in [0.2, 0.25) is 0 Å². The minimum Gasteiger partial charge on any atom is -0.380 e. The second kappa shape index (κ2) is 4.16. The number of nitrogens with one attached hydrogen (secondary N) is 1. The fraction of sp³-hybridized carbons (Fsp3) is 0.545. The molecule has 2 aromatic heterocycles. The van der Waals surface area contributed by atoms with Gasteiger partial charge in [-0.15, -0.1) is 11.3 Å². The molecule has 1 aliphatic heterocycles. The molecule has 0 radical (unpaired) electrons. The van der Waals surface area contributed by atoms with Gasteiger partial charge in [-0.25, -0.2) is 4.98 Å². The van der Waals surface area contributed by atoms with E-state index in [1.165, 1.54) is 11.4 Å². The summed E-state index contributed by atoms with van der Waals surface area (Å²) in [6.45, 7) is 4.68. The molecular weight excluding hydrogens is 222 g/mol. The minimum atomic E-state index is 0.366. The van der Waals surface area contributed by atoms with Gasteiger partial charge in [-0.2, -0.15) is 0 Å². The Morgan fingerprint density at radius 3 is 3.44 bits per heavy atom. The quantitative estimate of drug-likeness (QED) is 0.821. The predicted molar refractivity (Wildman–Crippen MR) is 64.0 cm³/mol. The first-order valence-corrected chi connectivity index (χ1v) is 6.47. The molecule has 2 aromatic rings. The second-order valence-electron chi connectivity index (χ2n) is 4.09. The number of fused-ring (bicyclic) bond motifs is 1. The van der Waals surface area contributed by atoms with Crippen LogP contribution in [0.1, 0.15) is 23.9 Å². The van der Waals surface area contributed by atoms with Crippen molar-refractivity contribution in [1.29, 1.82) is 0 Å². The molecule has 5 heteroatoms. The van der Waals surface area contributed by atoms with Crippen LogP contribution >= 0.6 is 11.3 Å². The average molecular weight is 237 g/mol. The lowest BCUT2D eigenvalue weighted by molar-refractivity contribution is 0.149. The lowest BCUT2D eigenvalue weighted by Gasteiger charge is -2.14. The number of ether oxygens (including phenoxy) is 1. The van der Waals surface area contributed by atoms with Crippen molar-refractivity contribution in [3.05, 3.63) is 23.0 Å². The number of rotatable bonds is 1. The minimum absolute atomic E-state index is 0.366. The molecule has 0 saturated carbocycles. The van der Waals surface area contributed by atoms with Crippen molar-refractivity contribution < 1.29 is 4.74 Å². The summed E-state index contributed by atoms with van der Waals surface area (Å²) in [6.07, 6.45) is 3.00. The second-order valence-corrected chi connectivity index (χ2v) is 4.92. The highest BCUT2D eigenvalue weighted by molar-refractivity contribution is 7.15. The Balaban J connectivity index is 2.00. The molecular formula is C11H15N3OS. The first-order valence-electron chi connectivity index (χ1n) is 5.59. The standard InChI is InChI=1S/C11H15N3OS/c1-8-7-16-11-13-6-10(14(8)11)9-2-4-15-5-3-12-9/h6-7,9,12H,2-5H2,1H3. The Hall–Kier alpha value is -0.910. The number of thiazole rings is 1. The summed E-state index contributed by atoms with van der Waals surface area (Å²) in [5.74, 6) is 0. The number of nitrogens with zero attached hydrogens (tertiary/aromatic N) is 2. The Labute approximate surface area is 98.3 Å². The van der Waals surface area contributed by atoms with E-state index in [2.05, 4.69) is 27.0 Å². The molecule has 0 aliphatic carbocycles. The van der Waals surface area contributed by atoms with Gasteiger partial charge in [-0.1, -0.05) is 0 Å². The summed E-state index contributed by atoms with van der Waals surface area (Å²) in [5, 5.41) is 5.66. The lowest BCUT2D eigenvalue weighted by Crippen LogP contribution is -2.23. The molecule has 0 bridgehead atoms. The maximum absolute atomic E-state index is 5.46. The highest BCUT2D eigenvalue weighted by atomic mass is 32.1. The number of imidazole rings is 1. The highest BCUT2D eigenvalue weighted by Crippen LogP contribution is 2.24. The van der Waals surface area contributed by atoms with Gasteiger partial charge in [0.2, 0.25) is 0 Å². The van der Waals surface area contributed by atoms with Gasteiger partial charge in [0.1, 0.15) is 0 Å². The van der Waals surface area contributed by atoms with Crippen LogP contribution in [-0.4, -0.2) is 29.1 Å². The molecule has 1 saturated heterocycles. The lowest BCUT2D eigenvalue weighted by atomic mass is 10.1. The van der Waals surface area contributed by atoms with Gasteiger partial charge < -0.3 is 10.1 Å². The fourth-order valence-corrected chi connectivity index (χ4v) is 3.03. The largest absolute Gasteiger partial charge is 0.380 e. The maximum Gasteiger partial charge on any atom is 0.194 e. The molecule has 0 spiro atoms. The maximum atomic E-state index is 5.46. The van der Waals surface area contributed by atoms with Crippen LogP contribution in [0.25, 0.3) is 4.96 Å². The zero-order valence-electron chi connectivity index (χ0n) is 9.27. The monoisotopic (exact) mass is 237 g/mol. The molecule has 1 unspecified atom stereocenters. The third-order valence-corrected chi connectivity index (χ3v) is 3.95. The van der Waals surface area contributed by atoms with E-state index in [0.717, 1.165) is 31.1 Å². The van der Waals surface area contributed by atoms with Crippen molar-refractivity contribution in [2.45, 2.75) is 19.4 Å². The van der Waals surface area contributed by atoms with E-state index < -0.39 is 0 Å². The number of hydrogen-bond donors (Lipinski definition) is 1. The third-order valence-electron chi connectivity index (χ3n) is 2.99. The van der Waals surface area contributed by atoms with Gasteiger partial charge in [0, 0.05) is 24.2 Å². The van der Waals surface area contributed by atoms with E-state index in [1.807, 2.05) is 6.20 Å². The molecule has 1 aliphatic rings. The van der Waals surface area contributed by atoms with Crippen LogP contribution in [0.4, 0.5) is 0 Å². The predicted octanol–water partition coefficient (Wildman–Crippen LogP) is 1.76. The van der Waals surface area contributed by atoms with Crippen molar-refractivity contribution >= 4 is 16.3 Å². The van der Waals surface area contributed by atoms with Crippen LogP contribution in [-0.2, 0) is 4.74 Å². The Kier molecular flexibility index (Phi) is 2.67. The van der Waals surface area contributed by atoms with Crippen LogP contribution in [0.3, 0.4) is 0 Å². The molecule has 3 rings (SSSR count). The van der Waals surface area contributed by atoms with E-state index in [1.54, 1.807) is 11.3 Å². The van der Waals surface area contributed by atoms with Crippen molar-refractivity contribution in [2.75, 3.05) is 19.8 Å². The van der Waals surface area contributed by atoms with E-state index in [-0.39, 0.29) is 0 Å². The molecule has 16 heavy (non-hydrogen) atoms. The van der Waals surface area contributed by atoms with Gasteiger partial charge in [0.25, 0.3) is 0 Å². The van der Waals surface area contributed by atoms with E-state index >= 15 is 0 Å². The molecule has 1 fully saturated rings. The zero-order chi connectivity index (χ0) is 11.0. The van der Waals surface area contributed by atoms with Crippen LogP contribution in [0.5, 0.6) is 0 Å². The number of hydrogen-bond acceptors (Lipinski definition) is 4. The van der Waals surface area contributed by atoms with Crippen LogP contribution in [0.15, 0.2) is 11.6 Å². The first-order chi connectivity index (χ1) is 7.86. The fourth-order valence-electron chi connectivity index (χ4n) is 2.18. The Morgan fingerprint density at radius 1 is 1.56 bits per heavy atom. The summed E-state index contributed by atoms with van der Waals surface area (Å²) in [6, 6.07) is 0.366. The van der Waals surface area contributed by atoms with Gasteiger partial charge >= 0.3 is 0 Å². The normalized spacial score (nSPS) is 22.4. The molecule has 0 aromatic carbocycles. The zero-order valence-corrected chi connectivity index (χ0v) is 10.1. The molecule has 1 atom stereocenters. The van der Waals surface area contributed by atoms with Gasteiger partial charge in [-0.05, 0) is 13.3 Å². The van der Waals surface area contributed by atoms with Gasteiger partial charge in [-0.3, -0.25) is 4.40 Å². The molecule has 4 nitrogen and oxygen atoms in total. The molecule has 3 heterocycles. The van der Waals surface area contributed by atoms with Crippen LogP contribution < -0.4 is 5.32 Å². The topological polar surface area (TPSA) is 38.6 Å². The summed E-state index contributed by atoms with van der Waals surface area (Å²) < 4.78 is 7.70. The smallest absolute Gasteiger partial charge is 0.194 e. The Bertz CT molecular complexity index is 482. The van der Waals surface area contributed by atoms with Crippen molar-refractivity contribution in [3.63, 3.8) is 0 Å². The van der Waals surface area contributed by atoms with Crippen molar-refractivity contribution in [2.24, 2.45) is 0 Å². The molecule has 86 valence electrons. The number of aryl methyl sites for hydroxylation is 1. The third kappa shape index (κ3) is 1.65. The van der Waals surface area contributed by atoms with Gasteiger partial charge in [0.05, 0.1) is 24.5 Å². The number of aromatic nitrogens is 2. The van der Waals surface area contributed by atoms with Crippen molar-refractivity contribution in [1.82, 2.24) is 14.7 Å². The SMILES string of the molecule is Cc1csc2ncc(C3CCOCCN3)n12. The summed E-state index contributed by atoms with van der Waals surface area (Å²) >= 11 is 1.70. The average Bonchev–Trinajstić information content (AvgIpc) is 2.74.